The van der Waals surface area contributed by atoms with E-state index >= 15 is 0 Å². The van der Waals surface area contributed by atoms with Crippen LogP contribution in [0.1, 0.15) is 15.4 Å². The molecule has 0 bridgehead atoms. The van der Waals surface area contributed by atoms with Gasteiger partial charge in [-0.2, -0.15) is 0 Å². The number of aryl methyl sites for hydroxylation is 1. The number of imidazole rings is 1. The molecule has 0 aliphatic carbocycles. The smallest absolute Gasteiger partial charge is 0.265 e. The molecule has 0 spiro atoms. The zero-order valence-corrected chi connectivity index (χ0v) is 20.7. The van der Waals surface area contributed by atoms with Gasteiger partial charge in [0.05, 0.1) is 21.3 Å². The zero-order valence-electron chi connectivity index (χ0n) is 16.7. The van der Waals surface area contributed by atoms with Gasteiger partial charge in [0.15, 0.2) is 5.13 Å². The third kappa shape index (κ3) is 3.73. The van der Waals surface area contributed by atoms with E-state index < -0.39 is 0 Å². The summed E-state index contributed by atoms with van der Waals surface area (Å²) >= 11 is 2.88. The molecule has 4 N–H and O–H groups in total. The maximum Gasteiger partial charge on any atom is 0.265 e. The monoisotopic (exact) mass is 702 g/mol. The van der Waals surface area contributed by atoms with E-state index in [9.17, 15) is 4.79 Å². The largest absolute Gasteiger partial charge is 0.420 e. The van der Waals surface area contributed by atoms with E-state index in [1.54, 1.807) is 18.2 Å². The van der Waals surface area contributed by atoms with Crippen LogP contribution in [0.3, 0.4) is 0 Å². The topological polar surface area (TPSA) is 97.3 Å². The minimum Gasteiger partial charge on any atom is -0.420 e. The Labute approximate surface area is 186 Å². The maximum absolute atomic E-state index is 12.5. The Morgan fingerprint density at radius 1 is 1.12 bits per heavy atom. The number of hydrogen-bond acceptors (Lipinski definition) is 7. The van der Waals surface area contributed by atoms with Gasteiger partial charge in [-0.25, -0.2) is 4.98 Å². The number of nitrogens with two attached hydrogens (primary N) is 1. The number of thiazole rings is 1. The van der Waals surface area contributed by atoms with Crippen molar-refractivity contribution >= 4 is 55.7 Å². The van der Waals surface area contributed by atoms with Crippen LogP contribution in [0.15, 0.2) is 60.8 Å². The van der Waals surface area contributed by atoms with Crippen molar-refractivity contribution in [1.29, 1.82) is 0 Å². The average molecular weight is 703 g/mol. The maximum atomic E-state index is 12.5. The van der Waals surface area contributed by atoms with E-state index in [1.165, 1.54) is 22.7 Å². The summed E-state index contributed by atoms with van der Waals surface area (Å²) in [5, 5.41) is 7.69. The van der Waals surface area contributed by atoms with Crippen LogP contribution in [-0.2, 0) is 0 Å². The first kappa shape index (κ1) is 20.6. The third-order valence-corrected chi connectivity index (χ3v) is 6.55. The van der Waals surface area contributed by atoms with Crippen LogP contribution in [0.2, 0.25) is 0 Å². The number of carbonyl (C=O) groups excluding carboxylic acids is 1. The van der Waals surface area contributed by atoms with Crippen LogP contribution in [0.5, 0.6) is 0 Å². The first-order valence-corrected chi connectivity index (χ1v) is 11.1. The normalized spacial score (nSPS) is 10.7. The van der Waals surface area contributed by atoms with Crippen molar-refractivity contribution in [2.45, 2.75) is 6.92 Å². The van der Waals surface area contributed by atoms with Gasteiger partial charge in [-0.05, 0) is 31.2 Å². The first-order valence-electron chi connectivity index (χ1n) is 9.43. The summed E-state index contributed by atoms with van der Waals surface area (Å²) in [7, 11) is 0. The van der Waals surface area contributed by atoms with E-state index in [-0.39, 0.29) is 5.91 Å². The number of hydrogen-bond donors (Lipinski definition) is 3. The van der Waals surface area contributed by atoms with Gasteiger partial charge in [0.25, 0.3) is 5.91 Å². The van der Waals surface area contributed by atoms with Crippen molar-refractivity contribution in [3.05, 3.63) is 77.6 Å². The number of nitrogens with zero attached hydrogens (tertiary/aromatic N) is 3. The molecule has 4 aromatic heterocycles. The van der Waals surface area contributed by atoms with Crippen LogP contribution >= 0.6 is 22.7 Å². The Kier molecular flexibility index (Phi) is 5.28. The summed E-state index contributed by atoms with van der Waals surface area (Å²) in [6, 6.07) is 16.6. The Morgan fingerprint density at radius 2 is 1.97 bits per heavy atom. The Hall–Kier alpha value is -4.69. The number of rotatable bonds is 5. The second kappa shape index (κ2) is 8.21. The fourth-order valence-corrected chi connectivity index (χ4v) is 4.98. The molecule has 1 amide bonds. The quantitative estimate of drug-likeness (QED) is 0.173. The minimum atomic E-state index is -0.201. The standard InChI is InChI=1S/C22H17N6OS2.Fm/c1-13-20(28-11-5-4-8-18(28)25-13)17-12-24-22(31-17)27-19-10-9-16(30-19)21(29)26-15-7-3-2-6-14(15)23;/h2-10,12H,23H2,1H3,(H,24,27)(H,26,29);/q-1;. The molecule has 0 atom stereocenters. The second-order valence-electron chi connectivity index (χ2n) is 6.75. The summed E-state index contributed by atoms with van der Waals surface area (Å²) in [6.45, 7) is 1.98. The molecule has 0 fully saturated rings. The predicted molar refractivity (Wildman–Crippen MR) is 126 cm³/mol. The Balaban J connectivity index is 0.00000245. The number of thiophene rings is 1. The van der Waals surface area contributed by atoms with E-state index in [4.69, 9.17) is 5.73 Å². The molecule has 1 aromatic carbocycles. The Morgan fingerprint density at radius 3 is 2.81 bits per heavy atom. The van der Waals surface area contributed by atoms with E-state index in [1.807, 2.05) is 53.9 Å². The van der Waals surface area contributed by atoms with Gasteiger partial charge in [0, 0.05) is 28.1 Å². The van der Waals surface area contributed by atoms with Crippen molar-refractivity contribution in [1.82, 2.24) is 14.4 Å². The molecule has 0 saturated carbocycles. The van der Waals surface area contributed by atoms with Crippen LogP contribution in [0, 0.1) is 13.1 Å². The van der Waals surface area contributed by atoms with Gasteiger partial charge in [-0.1, -0.05) is 18.3 Å². The molecule has 5 aromatic rings. The summed E-state index contributed by atoms with van der Waals surface area (Å²) < 4.78 is 1.94. The fraction of sp³-hybridized carbons (Fsp3) is 0.0455. The summed E-state index contributed by atoms with van der Waals surface area (Å²) in [5.41, 5.74) is 9.79. The van der Waals surface area contributed by atoms with Gasteiger partial charge in [-0.15, -0.1) is 40.9 Å². The molecule has 4 heterocycles. The molecular weight excluding hydrogens is 685 g/mol. The molecular formula is C22H17FmN6OS2-. The van der Waals surface area contributed by atoms with Crippen LogP contribution in [0.25, 0.3) is 16.2 Å². The fourth-order valence-electron chi connectivity index (χ4n) is 3.20. The van der Waals surface area contributed by atoms with Crippen molar-refractivity contribution < 1.29 is 4.79 Å². The van der Waals surface area contributed by atoms with Gasteiger partial charge < -0.3 is 20.8 Å². The summed E-state index contributed by atoms with van der Waals surface area (Å²) in [5.74, 6) is -0.201. The Bertz CT molecular complexity index is 1410. The predicted octanol–water partition coefficient (Wildman–Crippen LogP) is 5.21. The molecule has 166 valence electrons. The van der Waals surface area contributed by atoms with Crippen LogP contribution < -0.4 is 16.4 Å². The minimum absolute atomic E-state index is 0. The number of benzene rings is 1. The number of carbonyl (C=O) groups is 1. The molecule has 32 heavy (non-hydrogen) atoms. The van der Waals surface area contributed by atoms with Gasteiger partial charge in [0.2, 0.25) is 0 Å². The average Bonchev–Trinajstić information content (AvgIpc) is 3.48. The first-order chi connectivity index (χ1) is 15.1. The molecule has 0 aliphatic rings. The molecule has 10 heteroatoms. The van der Waals surface area contributed by atoms with Crippen molar-refractivity contribution in [3.63, 3.8) is 0 Å². The summed E-state index contributed by atoms with van der Waals surface area (Å²) in [6.07, 6.45) is 5.02. The number of nitrogens with one attached hydrogen (secondary N) is 2. The molecule has 5 rings (SSSR count). The molecule has 7 nitrogen and oxygen atoms in total. The van der Waals surface area contributed by atoms with E-state index in [2.05, 4.69) is 26.8 Å². The van der Waals surface area contributed by atoms with Gasteiger partial charge in [-0.3, -0.25) is 9.78 Å². The zero-order chi connectivity index (χ0) is 21.4. The second-order valence-corrected chi connectivity index (χ2v) is 8.87. The molecule has 0 saturated heterocycles. The van der Waals surface area contributed by atoms with Crippen LogP contribution in [0.4, 0.5) is 21.5 Å². The number of nitrogen functional groups attached to an aromatic ring is 1. The molecule has 0 radical (unpaired) electrons. The van der Waals surface area contributed by atoms with E-state index in [0.29, 0.717) is 16.3 Å². The summed E-state index contributed by atoms with van der Waals surface area (Å²) in [4.78, 5) is 23.2. The van der Waals surface area contributed by atoms with Crippen molar-refractivity contribution in [2.75, 3.05) is 16.4 Å². The number of anilines is 4. The van der Waals surface area contributed by atoms with Gasteiger partial charge >= 0.3 is 0 Å². The SMILES string of the molecule is Cc1nc2ccc[c-]n2c1-c1cnc(Nc2ccc(C(=O)Nc3ccccc3N)s2)s1.[Fm]. The van der Waals surface area contributed by atoms with E-state index in [0.717, 1.165) is 32.0 Å². The van der Waals surface area contributed by atoms with Gasteiger partial charge in [0.1, 0.15) is 0 Å². The number of fused-ring (bicyclic) bond motifs is 1. The van der Waals surface area contributed by atoms with Crippen molar-refractivity contribution in [3.8, 4) is 10.6 Å². The molecule has 0 aliphatic heterocycles. The number of amides is 1. The number of para-hydroxylation sites is 2. The van der Waals surface area contributed by atoms with Crippen LogP contribution in [-0.4, -0.2) is 20.3 Å². The number of aromatic nitrogens is 3. The third-order valence-electron chi connectivity index (χ3n) is 4.63. The number of pyridine rings is 1. The van der Waals surface area contributed by atoms with Crippen molar-refractivity contribution in [2.24, 2.45) is 0 Å². The molecule has 0 unspecified atom stereocenters.